The molecule has 0 bridgehead atoms. The van der Waals surface area contributed by atoms with E-state index in [1.54, 1.807) is 31.4 Å². The Kier molecular flexibility index (Phi) is 4.62. The number of aliphatic hydroxyl groups is 1. The molecule has 0 radical (unpaired) electrons. The van der Waals surface area contributed by atoms with Crippen molar-refractivity contribution in [1.82, 2.24) is 24.5 Å². The van der Waals surface area contributed by atoms with E-state index in [0.717, 1.165) is 6.42 Å². The number of carbonyl (C=O) groups is 1. The predicted molar refractivity (Wildman–Crippen MR) is 112 cm³/mol. The summed E-state index contributed by atoms with van der Waals surface area (Å²) in [6, 6.07) is 4.32. The number of halogens is 1. The van der Waals surface area contributed by atoms with Gasteiger partial charge in [0, 0.05) is 25.7 Å². The smallest absolute Gasteiger partial charge is 0.274 e. The predicted octanol–water partition coefficient (Wildman–Crippen LogP) is 1.21. The number of rotatable bonds is 6. The molecule has 0 spiro atoms. The van der Waals surface area contributed by atoms with Crippen LogP contribution in [-0.2, 0) is 0 Å². The number of nitrogens with zero attached hydrogens (tertiary/aromatic N) is 4. The van der Waals surface area contributed by atoms with E-state index < -0.39 is 24.2 Å². The van der Waals surface area contributed by atoms with Crippen LogP contribution in [0, 0.1) is 0 Å². The monoisotopic (exact) mass is 427 g/mol. The van der Waals surface area contributed by atoms with Gasteiger partial charge in [-0.25, -0.2) is 9.37 Å². The lowest BCUT2D eigenvalue weighted by Gasteiger charge is -2.34. The van der Waals surface area contributed by atoms with Gasteiger partial charge in [0.2, 0.25) is 0 Å². The summed E-state index contributed by atoms with van der Waals surface area (Å²) in [6.45, 7) is 0. The first-order valence-electron chi connectivity index (χ1n) is 10.1. The van der Waals surface area contributed by atoms with Crippen LogP contribution in [0.15, 0.2) is 35.4 Å². The highest BCUT2D eigenvalue weighted by atomic mass is 19.1. The molecule has 4 atom stereocenters. The second-order valence-corrected chi connectivity index (χ2v) is 7.87. The van der Waals surface area contributed by atoms with E-state index >= 15 is 0 Å². The van der Waals surface area contributed by atoms with E-state index in [1.165, 1.54) is 15.3 Å². The quantitative estimate of drug-likeness (QED) is 0.466. The summed E-state index contributed by atoms with van der Waals surface area (Å²) in [5.41, 5.74) is 0.508. The molecule has 11 heteroatoms. The molecule has 0 unspecified atom stereocenters. The lowest BCUT2D eigenvalue weighted by Crippen LogP contribution is -2.39. The van der Waals surface area contributed by atoms with Gasteiger partial charge in [0.15, 0.2) is 5.65 Å². The number of anilines is 3. The van der Waals surface area contributed by atoms with Gasteiger partial charge in [-0.3, -0.25) is 9.59 Å². The fraction of sp³-hybridized carbons (Fsp3) is 0.400. The summed E-state index contributed by atoms with van der Waals surface area (Å²) < 4.78 is 16.2. The molecule has 3 heterocycles. The first kappa shape index (κ1) is 19.5. The van der Waals surface area contributed by atoms with Gasteiger partial charge in [-0.1, -0.05) is 0 Å². The van der Waals surface area contributed by atoms with Crippen LogP contribution in [0.4, 0.5) is 21.7 Å². The molecule has 2 aliphatic rings. The maximum absolute atomic E-state index is 13.2. The molecule has 2 aliphatic carbocycles. The van der Waals surface area contributed by atoms with Gasteiger partial charge in [-0.15, -0.1) is 0 Å². The standard InChI is InChI=1S/C20H22FN7O3/c1-22-17-8-16(24-12-3-2-6-27(20(12)31)14-4-5-15(14)29)26-18-10(9-23-28(17)18)19(30)25-13-7-11(13)21/h2-3,6,8-9,11,13-15,22,29H,4-5,7H2,1H3,(H,24,26)(H,25,30)/t11-,13+,14-,15+/m0/s1. The van der Waals surface area contributed by atoms with Gasteiger partial charge in [-0.2, -0.15) is 9.61 Å². The van der Waals surface area contributed by atoms with Crippen molar-refractivity contribution in [2.75, 3.05) is 17.7 Å². The Hall–Kier alpha value is -3.47. The molecule has 5 rings (SSSR count). The number of hydrogen-bond donors (Lipinski definition) is 4. The molecule has 31 heavy (non-hydrogen) atoms. The number of fused-ring (bicyclic) bond motifs is 1. The number of hydrogen-bond acceptors (Lipinski definition) is 7. The van der Waals surface area contributed by atoms with Crippen LogP contribution in [0.1, 0.15) is 35.7 Å². The van der Waals surface area contributed by atoms with Crippen LogP contribution in [0.25, 0.3) is 5.65 Å². The van der Waals surface area contributed by atoms with Crippen LogP contribution < -0.4 is 21.5 Å². The lowest BCUT2D eigenvalue weighted by atomic mass is 9.89. The van der Waals surface area contributed by atoms with Crippen LogP contribution in [0.5, 0.6) is 0 Å². The summed E-state index contributed by atoms with van der Waals surface area (Å²) in [5, 5.41) is 22.8. The summed E-state index contributed by atoms with van der Waals surface area (Å²) in [6.07, 6.45) is 3.22. The average molecular weight is 427 g/mol. The van der Waals surface area contributed by atoms with Crippen molar-refractivity contribution in [2.45, 2.75) is 43.6 Å². The summed E-state index contributed by atoms with van der Waals surface area (Å²) in [5.74, 6) is 0.435. The van der Waals surface area contributed by atoms with E-state index in [2.05, 4.69) is 26.0 Å². The van der Waals surface area contributed by atoms with Gasteiger partial charge in [-0.05, 0) is 25.0 Å². The average Bonchev–Trinajstić information content (AvgIpc) is 3.26. The number of pyridine rings is 1. The molecular formula is C20H22FN7O3. The SMILES string of the molecule is CNc1cc(Nc2cccn([C@H]3CC[C@H]3O)c2=O)nc2c(C(=O)N[C@@H]3C[C@@H]3F)cnn12. The summed E-state index contributed by atoms with van der Waals surface area (Å²) >= 11 is 0. The Morgan fingerprint density at radius 2 is 2.16 bits per heavy atom. The minimum Gasteiger partial charge on any atom is -0.391 e. The van der Waals surface area contributed by atoms with Gasteiger partial charge in [0.05, 0.1) is 24.4 Å². The van der Waals surface area contributed by atoms with E-state index in [0.29, 0.717) is 30.2 Å². The van der Waals surface area contributed by atoms with Crippen molar-refractivity contribution in [3.8, 4) is 0 Å². The Bertz CT molecular complexity index is 1220. The maximum Gasteiger partial charge on any atom is 0.274 e. The molecular weight excluding hydrogens is 405 g/mol. The topological polar surface area (TPSA) is 126 Å². The fourth-order valence-corrected chi connectivity index (χ4v) is 3.72. The molecule has 1 amide bonds. The molecule has 2 saturated carbocycles. The van der Waals surface area contributed by atoms with Crippen molar-refractivity contribution >= 4 is 28.9 Å². The van der Waals surface area contributed by atoms with Gasteiger partial charge in [0.25, 0.3) is 11.5 Å². The molecule has 10 nitrogen and oxygen atoms in total. The van der Waals surface area contributed by atoms with Crippen LogP contribution in [0.2, 0.25) is 0 Å². The Balaban J connectivity index is 1.49. The van der Waals surface area contributed by atoms with Crippen molar-refractivity contribution in [1.29, 1.82) is 0 Å². The second kappa shape index (κ2) is 7.34. The molecule has 3 aromatic rings. The van der Waals surface area contributed by atoms with Crippen LogP contribution >= 0.6 is 0 Å². The Morgan fingerprint density at radius 1 is 1.35 bits per heavy atom. The number of alkyl halides is 1. The molecule has 4 N–H and O–H groups in total. The molecule has 0 aromatic carbocycles. The number of amides is 1. The third kappa shape index (κ3) is 3.40. The van der Waals surface area contributed by atoms with Crippen molar-refractivity contribution in [3.05, 3.63) is 46.5 Å². The second-order valence-electron chi connectivity index (χ2n) is 7.87. The highest BCUT2D eigenvalue weighted by Crippen LogP contribution is 2.31. The first-order valence-corrected chi connectivity index (χ1v) is 10.1. The van der Waals surface area contributed by atoms with Gasteiger partial charge >= 0.3 is 0 Å². The van der Waals surface area contributed by atoms with E-state index in [9.17, 15) is 19.1 Å². The summed E-state index contributed by atoms with van der Waals surface area (Å²) in [7, 11) is 1.70. The highest BCUT2D eigenvalue weighted by Gasteiger charge is 2.39. The zero-order valence-corrected chi connectivity index (χ0v) is 16.7. The Morgan fingerprint density at radius 3 is 2.81 bits per heavy atom. The zero-order chi connectivity index (χ0) is 21.7. The normalized spacial score (nSPS) is 24.5. The zero-order valence-electron chi connectivity index (χ0n) is 16.7. The Labute approximate surface area is 176 Å². The van der Waals surface area contributed by atoms with Gasteiger partial charge < -0.3 is 25.6 Å². The van der Waals surface area contributed by atoms with Crippen molar-refractivity contribution in [3.63, 3.8) is 0 Å². The van der Waals surface area contributed by atoms with E-state index in [-0.39, 0.29) is 22.8 Å². The fourth-order valence-electron chi connectivity index (χ4n) is 3.72. The van der Waals surface area contributed by atoms with Crippen molar-refractivity contribution < 1.29 is 14.3 Å². The highest BCUT2D eigenvalue weighted by molar-refractivity contribution is 6.00. The number of nitrogens with one attached hydrogen (secondary N) is 3. The third-order valence-corrected chi connectivity index (χ3v) is 5.80. The molecule has 0 saturated heterocycles. The van der Waals surface area contributed by atoms with E-state index in [1.807, 2.05) is 0 Å². The first-order chi connectivity index (χ1) is 15.0. The minimum atomic E-state index is -1.02. The largest absolute Gasteiger partial charge is 0.391 e. The molecule has 3 aromatic heterocycles. The maximum atomic E-state index is 13.2. The van der Waals surface area contributed by atoms with Crippen LogP contribution in [-0.4, -0.2) is 55.5 Å². The molecule has 162 valence electrons. The minimum absolute atomic E-state index is 0.210. The summed E-state index contributed by atoms with van der Waals surface area (Å²) in [4.78, 5) is 29.9. The number of aliphatic hydroxyl groups excluding tert-OH is 1. The lowest BCUT2D eigenvalue weighted by molar-refractivity contribution is 0.0300. The number of carbonyl (C=O) groups excluding carboxylic acids is 1. The molecule has 0 aliphatic heterocycles. The van der Waals surface area contributed by atoms with Gasteiger partial charge in [0.1, 0.15) is 29.1 Å². The van der Waals surface area contributed by atoms with Crippen molar-refractivity contribution in [2.24, 2.45) is 0 Å². The third-order valence-electron chi connectivity index (χ3n) is 5.80. The van der Waals surface area contributed by atoms with E-state index in [4.69, 9.17) is 0 Å². The number of aromatic nitrogens is 4. The molecule has 2 fully saturated rings. The van der Waals surface area contributed by atoms with Crippen LogP contribution in [0.3, 0.4) is 0 Å².